The fourth-order valence-electron chi connectivity index (χ4n) is 2.63. The van der Waals surface area contributed by atoms with Crippen LogP contribution < -0.4 is 9.47 Å². The number of hydrogen-bond donors (Lipinski definition) is 0. The van der Waals surface area contributed by atoms with Crippen LogP contribution in [0.15, 0.2) is 42.5 Å². The summed E-state index contributed by atoms with van der Waals surface area (Å²) in [6, 6.07) is 13.1. The molecule has 1 aliphatic rings. The first-order valence-electron chi connectivity index (χ1n) is 7.63. The summed E-state index contributed by atoms with van der Waals surface area (Å²) in [4.78, 5) is 2.25. The van der Waals surface area contributed by atoms with E-state index in [2.05, 4.69) is 11.9 Å². The van der Waals surface area contributed by atoms with Gasteiger partial charge in [0.15, 0.2) is 11.5 Å². The van der Waals surface area contributed by atoms with Gasteiger partial charge in [-0.1, -0.05) is 41.4 Å². The molecule has 0 amide bonds. The molecule has 5 heteroatoms. The van der Waals surface area contributed by atoms with Gasteiger partial charge in [0.1, 0.15) is 12.7 Å². The van der Waals surface area contributed by atoms with Gasteiger partial charge in [0, 0.05) is 34.8 Å². The van der Waals surface area contributed by atoms with Crippen LogP contribution >= 0.6 is 23.2 Å². The van der Waals surface area contributed by atoms with Crippen LogP contribution in [0.5, 0.6) is 11.5 Å². The van der Waals surface area contributed by atoms with Crippen molar-refractivity contribution in [3.63, 3.8) is 0 Å². The molecule has 23 heavy (non-hydrogen) atoms. The summed E-state index contributed by atoms with van der Waals surface area (Å²) < 4.78 is 12.0. The van der Waals surface area contributed by atoms with Gasteiger partial charge in [0.25, 0.3) is 0 Å². The van der Waals surface area contributed by atoms with Crippen LogP contribution in [0.2, 0.25) is 10.0 Å². The third-order valence-corrected chi connectivity index (χ3v) is 4.49. The van der Waals surface area contributed by atoms with E-state index in [9.17, 15) is 0 Å². The molecule has 0 radical (unpaired) electrons. The highest BCUT2D eigenvalue weighted by Gasteiger charge is 2.22. The Kier molecular flexibility index (Phi) is 5.31. The van der Waals surface area contributed by atoms with Gasteiger partial charge < -0.3 is 14.4 Å². The SMILES string of the molecule is CN1CCC(Oc2cc(Cl)ccc2OCc2ccccc2Cl)C1. The maximum atomic E-state index is 6.17. The molecule has 0 aliphatic carbocycles. The molecule has 3 nitrogen and oxygen atoms in total. The molecule has 1 fully saturated rings. The van der Waals surface area contributed by atoms with Gasteiger partial charge in [-0.2, -0.15) is 0 Å². The average Bonchev–Trinajstić information content (AvgIpc) is 2.93. The van der Waals surface area contributed by atoms with Gasteiger partial charge in [0.2, 0.25) is 0 Å². The number of rotatable bonds is 5. The quantitative estimate of drug-likeness (QED) is 0.782. The second kappa shape index (κ2) is 7.43. The standard InChI is InChI=1S/C18H19Cl2NO2/c1-21-9-8-15(11-21)23-18-10-14(19)6-7-17(18)22-12-13-4-2-3-5-16(13)20/h2-7,10,15H,8-9,11-12H2,1H3. The number of likely N-dealkylation sites (tertiary alicyclic amines) is 1. The van der Waals surface area contributed by atoms with Crippen molar-refractivity contribution in [1.29, 1.82) is 0 Å². The monoisotopic (exact) mass is 351 g/mol. The fourth-order valence-corrected chi connectivity index (χ4v) is 2.99. The van der Waals surface area contributed by atoms with Gasteiger partial charge in [-0.05, 0) is 31.7 Å². The maximum absolute atomic E-state index is 6.17. The summed E-state index contributed by atoms with van der Waals surface area (Å²) in [5, 5.41) is 1.33. The number of benzene rings is 2. The van der Waals surface area contributed by atoms with Crippen molar-refractivity contribution in [2.24, 2.45) is 0 Å². The summed E-state index contributed by atoms with van der Waals surface area (Å²) in [6.07, 6.45) is 1.17. The first-order valence-corrected chi connectivity index (χ1v) is 8.38. The predicted octanol–water partition coefficient (Wildman–Crippen LogP) is 4.66. The second-order valence-electron chi connectivity index (χ2n) is 5.76. The summed E-state index contributed by atoms with van der Waals surface area (Å²) in [5.41, 5.74) is 0.940. The molecule has 0 bridgehead atoms. The zero-order valence-corrected chi connectivity index (χ0v) is 14.5. The fraction of sp³-hybridized carbons (Fsp3) is 0.333. The Balaban J connectivity index is 1.72. The highest BCUT2D eigenvalue weighted by atomic mass is 35.5. The minimum Gasteiger partial charge on any atom is -0.485 e. The lowest BCUT2D eigenvalue weighted by molar-refractivity contribution is 0.192. The predicted molar refractivity (Wildman–Crippen MR) is 93.8 cm³/mol. The Morgan fingerprint density at radius 2 is 1.96 bits per heavy atom. The summed E-state index contributed by atoms with van der Waals surface area (Å²) in [6.45, 7) is 2.35. The number of halogens is 2. The Morgan fingerprint density at radius 1 is 1.13 bits per heavy atom. The number of ether oxygens (including phenoxy) is 2. The normalized spacial score (nSPS) is 18.1. The molecule has 3 rings (SSSR count). The average molecular weight is 352 g/mol. The van der Waals surface area contributed by atoms with E-state index >= 15 is 0 Å². The highest BCUT2D eigenvalue weighted by Crippen LogP contribution is 2.33. The number of nitrogens with zero attached hydrogens (tertiary/aromatic N) is 1. The van der Waals surface area contributed by atoms with E-state index in [4.69, 9.17) is 32.7 Å². The van der Waals surface area contributed by atoms with Crippen LogP contribution in [-0.4, -0.2) is 31.1 Å². The molecular formula is C18H19Cl2NO2. The molecule has 1 aliphatic heterocycles. The Morgan fingerprint density at radius 3 is 2.70 bits per heavy atom. The molecule has 0 spiro atoms. The van der Waals surface area contributed by atoms with Gasteiger partial charge in [0.05, 0.1) is 0 Å². The van der Waals surface area contributed by atoms with Crippen LogP contribution in [0.25, 0.3) is 0 Å². The van der Waals surface area contributed by atoms with E-state index in [-0.39, 0.29) is 6.10 Å². The Labute approximate surface area is 146 Å². The largest absolute Gasteiger partial charge is 0.485 e. The minimum absolute atomic E-state index is 0.168. The molecule has 1 saturated heterocycles. The third-order valence-electron chi connectivity index (χ3n) is 3.89. The molecule has 1 heterocycles. The summed E-state index contributed by atoms with van der Waals surface area (Å²) in [5.74, 6) is 1.37. The topological polar surface area (TPSA) is 21.7 Å². The lowest BCUT2D eigenvalue weighted by Crippen LogP contribution is -2.21. The molecule has 2 aromatic carbocycles. The van der Waals surface area contributed by atoms with Gasteiger partial charge in [-0.15, -0.1) is 0 Å². The van der Waals surface area contributed by atoms with Crippen molar-refractivity contribution in [3.05, 3.63) is 58.1 Å². The van der Waals surface area contributed by atoms with Crippen molar-refractivity contribution < 1.29 is 9.47 Å². The van der Waals surface area contributed by atoms with Gasteiger partial charge >= 0.3 is 0 Å². The minimum atomic E-state index is 0.168. The van der Waals surface area contributed by atoms with E-state index in [0.29, 0.717) is 28.2 Å². The molecule has 1 atom stereocenters. The summed E-state index contributed by atoms with van der Waals surface area (Å²) in [7, 11) is 2.09. The third kappa shape index (κ3) is 4.31. The second-order valence-corrected chi connectivity index (χ2v) is 6.61. The van der Waals surface area contributed by atoms with E-state index in [0.717, 1.165) is 25.1 Å². The van der Waals surface area contributed by atoms with Crippen molar-refractivity contribution in [1.82, 2.24) is 4.90 Å². The molecule has 0 saturated carbocycles. The molecule has 122 valence electrons. The molecular weight excluding hydrogens is 333 g/mol. The van der Waals surface area contributed by atoms with Crippen molar-refractivity contribution in [2.45, 2.75) is 19.1 Å². The van der Waals surface area contributed by atoms with E-state index in [1.165, 1.54) is 0 Å². The molecule has 0 N–H and O–H groups in total. The van der Waals surface area contributed by atoms with Gasteiger partial charge in [-0.3, -0.25) is 0 Å². The van der Waals surface area contributed by atoms with Crippen molar-refractivity contribution in [3.8, 4) is 11.5 Å². The smallest absolute Gasteiger partial charge is 0.163 e. The van der Waals surface area contributed by atoms with Crippen LogP contribution in [0, 0.1) is 0 Å². The number of hydrogen-bond acceptors (Lipinski definition) is 3. The Hall–Kier alpha value is -1.42. The van der Waals surface area contributed by atoms with Crippen molar-refractivity contribution >= 4 is 23.2 Å². The first kappa shape index (κ1) is 16.4. The lowest BCUT2D eigenvalue weighted by atomic mass is 10.2. The zero-order chi connectivity index (χ0) is 16.2. The summed E-state index contributed by atoms with van der Waals surface area (Å²) >= 11 is 12.3. The van der Waals surface area contributed by atoms with E-state index in [1.807, 2.05) is 36.4 Å². The Bertz CT molecular complexity index is 678. The van der Waals surface area contributed by atoms with E-state index < -0.39 is 0 Å². The molecule has 1 unspecified atom stereocenters. The van der Waals surface area contributed by atoms with E-state index in [1.54, 1.807) is 6.07 Å². The van der Waals surface area contributed by atoms with Gasteiger partial charge in [-0.25, -0.2) is 0 Å². The van der Waals surface area contributed by atoms with Crippen LogP contribution in [0.3, 0.4) is 0 Å². The van der Waals surface area contributed by atoms with Crippen LogP contribution in [-0.2, 0) is 6.61 Å². The zero-order valence-electron chi connectivity index (χ0n) is 13.0. The molecule has 0 aromatic heterocycles. The van der Waals surface area contributed by atoms with Crippen molar-refractivity contribution in [2.75, 3.05) is 20.1 Å². The van der Waals surface area contributed by atoms with Crippen LogP contribution in [0.1, 0.15) is 12.0 Å². The number of likely N-dealkylation sites (N-methyl/N-ethyl adjacent to an activating group) is 1. The maximum Gasteiger partial charge on any atom is 0.163 e. The highest BCUT2D eigenvalue weighted by molar-refractivity contribution is 6.31. The van der Waals surface area contributed by atoms with Crippen LogP contribution in [0.4, 0.5) is 0 Å². The lowest BCUT2D eigenvalue weighted by Gasteiger charge is -2.17. The molecule has 2 aromatic rings. The first-order chi connectivity index (χ1) is 11.1.